The molecule has 0 amide bonds. The Morgan fingerprint density at radius 3 is 2.29 bits per heavy atom. The predicted molar refractivity (Wildman–Crippen MR) is 63.6 cm³/mol. The van der Waals surface area contributed by atoms with Gasteiger partial charge in [-0.3, -0.25) is 0 Å². The number of aliphatic carboxylic acids is 1. The van der Waals surface area contributed by atoms with Crippen molar-refractivity contribution in [2.24, 2.45) is 0 Å². The van der Waals surface area contributed by atoms with E-state index < -0.39 is 38.2 Å². The number of hydrogen-bond donors (Lipinski definition) is 2. The van der Waals surface area contributed by atoms with Crippen molar-refractivity contribution in [3.8, 4) is 6.07 Å². The minimum Gasteiger partial charge on any atom is -0.480 e. The third-order valence-corrected chi connectivity index (χ3v) is 4.24. The van der Waals surface area contributed by atoms with Gasteiger partial charge in [-0.2, -0.15) is 23.2 Å². The highest BCUT2D eigenvalue weighted by Gasteiger charge is 2.59. The lowest BCUT2D eigenvalue weighted by Gasteiger charge is -2.28. The molecule has 0 aliphatic carbocycles. The van der Waals surface area contributed by atoms with Crippen molar-refractivity contribution in [1.29, 1.82) is 5.26 Å². The number of carbonyl (C=O) groups is 1. The Kier molecular flexibility index (Phi) is 4.31. The van der Waals surface area contributed by atoms with E-state index in [4.69, 9.17) is 10.4 Å². The molecule has 0 fully saturated rings. The van der Waals surface area contributed by atoms with Crippen LogP contribution in [0.1, 0.15) is 12.5 Å². The summed E-state index contributed by atoms with van der Waals surface area (Å²) in [6.07, 6.45) is -5.37. The standard InChI is InChI=1S/C11H9F3N2O4S/c1-10(9(17)18,11(12,13)14)16-21(19,20)8-5-3-2-4-7(8)6-15/h2-5,16H,1H3,(H,17,18). The van der Waals surface area contributed by atoms with Crippen LogP contribution in [0.4, 0.5) is 13.2 Å². The molecule has 0 saturated heterocycles. The van der Waals surface area contributed by atoms with Crippen molar-refractivity contribution in [1.82, 2.24) is 4.72 Å². The number of sulfonamides is 1. The van der Waals surface area contributed by atoms with Crippen molar-refractivity contribution in [2.75, 3.05) is 0 Å². The fourth-order valence-electron chi connectivity index (χ4n) is 1.34. The number of nitrogens with zero attached hydrogens (tertiary/aromatic N) is 1. The molecule has 0 aromatic heterocycles. The molecule has 1 atom stereocenters. The first kappa shape index (κ1) is 16.9. The molecule has 1 aromatic carbocycles. The third-order valence-electron chi connectivity index (χ3n) is 2.63. The van der Waals surface area contributed by atoms with Gasteiger partial charge in [0, 0.05) is 0 Å². The van der Waals surface area contributed by atoms with Gasteiger partial charge in [0.15, 0.2) is 0 Å². The van der Waals surface area contributed by atoms with E-state index in [0.29, 0.717) is 0 Å². The molecule has 21 heavy (non-hydrogen) atoms. The van der Waals surface area contributed by atoms with Gasteiger partial charge >= 0.3 is 12.1 Å². The van der Waals surface area contributed by atoms with Crippen LogP contribution in [0.5, 0.6) is 0 Å². The molecule has 1 aromatic rings. The first-order chi connectivity index (χ1) is 9.45. The van der Waals surface area contributed by atoms with E-state index in [1.807, 2.05) is 0 Å². The lowest BCUT2D eigenvalue weighted by Crippen LogP contribution is -2.61. The summed E-state index contributed by atoms with van der Waals surface area (Å²) in [6, 6.07) is 6.01. The Morgan fingerprint density at radius 2 is 1.86 bits per heavy atom. The van der Waals surface area contributed by atoms with Gasteiger partial charge < -0.3 is 5.11 Å². The second-order valence-electron chi connectivity index (χ2n) is 4.14. The Bertz CT molecular complexity index is 709. The molecule has 2 N–H and O–H groups in total. The van der Waals surface area contributed by atoms with Gasteiger partial charge in [-0.05, 0) is 19.1 Å². The fraction of sp³-hybridized carbons (Fsp3) is 0.273. The van der Waals surface area contributed by atoms with Crippen LogP contribution >= 0.6 is 0 Å². The van der Waals surface area contributed by atoms with E-state index >= 15 is 0 Å². The van der Waals surface area contributed by atoms with Gasteiger partial charge in [-0.15, -0.1) is 0 Å². The fourth-order valence-corrected chi connectivity index (χ4v) is 2.85. The lowest BCUT2D eigenvalue weighted by molar-refractivity contribution is -0.201. The largest absolute Gasteiger partial charge is 0.480 e. The Hall–Kier alpha value is -2.12. The lowest BCUT2D eigenvalue weighted by atomic mass is 10.0. The maximum absolute atomic E-state index is 12.8. The van der Waals surface area contributed by atoms with E-state index in [1.165, 1.54) is 18.2 Å². The van der Waals surface area contributed by atoms with Crippen LogP contribution in [0, 0.1) is 11.3 Å². The quantitative estimate of drug-likeness (QED) is 0.867. The summed E-state index contributed by atoms with van der Waals surface area (Å²) >= 11 is 0. The zero-order chi connectivity index (χ0) is 16.5. The van der Waals surface area contributed by atoms with Gasteiger partial charge in [0.25, 0.3) is 0 Å². The summed E-state index contributed by atoms with van der Waals surface area (Å²) in [4.78, 5) is 10.1. The molecule has 0 radical (unpaired) electrons. The van der Waals surface area contributed by atoms with Crippen LogP contribution in [0.25, 0.3) is 0 Å². The Morgan fingerprint density at radius 1 is 1.33 bits per heavy atom. The normalized spacial score (nSPS) is 15.0. The minimum atomic E-state index is -5.37. The number of halogens is 3. The zero-order valence-electron chi connectivity index (χ0n) is 10.5. The van der Waals surface area contributed by atoms with Crippen LogP contribution in [0.15, 0.2) is 29.2 Å². The number of nitriles is 1. The van der Waals surface area contributed by atoms with E-state index in [2.05, 4.69) is 0 Å². The summed E-state index contributed by atoms with van der Waals surface area (Å²) in [5, 5.41) is 17.5. The summed E-state index contributed by atoms with van der Waals surface area (Å²) in [6.45, 7) is 0.182. The highest BCUT2D eigenvalue weighted by atomic mass is 32.2. The molecule has 0 spiro atoms. The molecule has 0 aliphatic heterocycles. The number of hydrogen-bond acceptors (Lipinski definition) is 4. The van der Waals surface area contributed by atoms with Gasteiger partial charge in [0.1, 0.15) is 6.07 Å². The number of carboxylic acids is 1. The topological polar surface area (TPSA) is 107 Å². The third kappa shape index (κ3) is 3.14. The van der Waals surface area contributed by atoms with E-state index in [1.54, 1.807) is 0 Å². The molecule has 0 heterocycles. The monoisotopic (exact) mass is 322 g/mol. The van der Waals surface area contributed by atoms with E-state index in [-0.39, 0.29) is 6.92 Å². The molecular formula is C11H9F3N2O4S. The van der Waals surface area contributed by atoms with E-state index in [9.17, 15) is 26.4 Å². The van der Waals surface area contributed by atoms with Crippen LogP contribution in [0.3, 0.4) is 0 Å². The maximum atomic E-state index is 12.8. The first-order valence-electron chi connectivity index (χ1n) is 5.29. The smallest absolute Gasteiger partial charge is 0.418 e. The number of carboxylic acid groups (broad SMARTS) is 1. The molecule has 0 aliphatic rings. The molecule has 0 saturated carbocycles. The van der Waals surface area contributed by atoms with Crippen molar-refractivity contribution in [3.63, 3.8) is 0 Å². The second-order valence-corrected chi connectivity index (χ2v) is 5.79. The van der Waals surface area contributed by atoms with Gasteiger partial charge in [0.05, 0.1) is 10.5 Å². The van der Waals surface area contributed by atoms with Crippen molar-refractivity contribution >= 4 is 16.0 Å². The van der Waals surface area contributed by atoms with Crippen LogP contribution < -0.4 is 4.72 Å². The highest BCUT2D eigenvalue weighted by Crippen LogP contribution is 2.32. The van der Waals surface area contributed by atoms with Gasteiger partial charge in [-0.25, -0.2) is 13.2 Å². The maximum Gasteiger partial charge on any atom is 0.418 e. The van der Waals surface area contributed by atoms with Crippen molar-refractivity contribution in [3.05, 3.63) is 29.8 Å². The summed E-state index contributed by atoms with van der Waals surface area (Å²) < 4.78 is 63.4. The van der Waals surface area contributed by atoms with E-state index in [0.717, 1.165) is 16.9 Å². The first-order valence-corrected chi connectivity index (χ1v) is 6.77. The van der Waals surface area contributed by atoms with Crippen LogP contribution in [-0.4, -0.2) is 31.2 Å². The molecular weight excluding hydrogens is 313 g/mol. The average molecular weight is 322 g/mol. The predicted octanol–water partition coefficient (Wildman–Crippen LogP) is 1.24. The zero-order valence-corrected chi connectivity index (χ0v) is 11.3. The Labute approximate surface area is 117 Å². The average Bonchev–Trinajstić information content (AvgIpc) is 2.36. The molecule has 1 unspecified atom stereocenters. The highest BCUT2D eigenvalue weighted by molar-refractivity contribution is 7.89. The summed E-state index contributed by atoms with van der Waals surface area (Å²) in [5.74, 6) is -2.41. The van der Waals surface area contributed by atoms with Gasteiger partial charge in [-0.1, -0.05) is 12.1 Å². The number of alkyl halides is 3. The molecule has 114 valence electrons. The van der Waals surface area contributed by atoms with Gasteiger partial charge in [0.2, 0.25) is 15.6 Å². The summed E-state index contributed by atoms with van der Waals surface area (Å²) in [5.41, 5.74) is -4.12. The number of benzene rings is 1. The molecule has 1 rings (SSSR count). The van der Waals surface area contributed by atoms with Crippen LogP contribution in [0.2, 0.25) is 0 Å². The summed E-state index contributed by atoms with van der Waals surface area (Å²) in [7, 11) is -4.86. The van der Waals surface area contributed by atoms with Crippen LogP contribution in [-0.2, 0) is 14.8 Å². The van der Waals surface area contributed by atoms with Crippen molar-refractivity contribution in [2.45, 2.75) is 23.5 Å². The SMILES string of the molecule is CC(NS(=O)(=O)c1ccccc1C#N)(C(=O)O)C(F)(F)F. The molecule has 0 bridgehead atoms. The minimum absolute atomic E-state index is 0.182. The molecule has 6 nitrogen and oxygen atoms in total. The van der Waals surface area contributed by atoms with Crippen molar-refractivity contribution < 1.29 is 31.5 Å². The number of rotatable bonds is 4. The second kappa shape index (κ2) is 5.34. The number of nitrogens with one attached hydrogen (secondary N) is 1. The Balaban J connectivity index is 3.40. The molecule has 10 heteroatoms.